The summed E-state index contributed by atoms with van der Waals surface area (Å²) in [6.07, 6.45) is 0.793. The minimum absolute atomic E-state index is 0.203. The second kappa shape index (κ2) is 10.8. The van der Waals surface area contributed by atoms with Crippen LogP contribution in [0, 0.1) is 5.82 Å². The molecule has 4 aromatic rings. The minimum Gasteiger partial charge on any atom is -0.494 e. The molecule has 1 N–H and O–H groups in total. The van der Waals surface area contributed by atoms with Gasteiger partial charge in [-0.05, 0) is 42.0 Å². The van der Waals surface area contributed by atoms with E-state index in [1.807, 2.05) is 71.4 Å². The molecule has 5 rings (SSSR count). The maximum absolute atomic E-state index is 13.4. The summed E-state index contributed by atoms with van der Waals surface area (Å²) < 4.78 is 21.0. The third kappa shape index (κ3) is 5.49. The number of carbonyl (C=O) groups excluding carboxylic acids is 1. The van der Waals surface area contributed by atoms with Gasteiger partial charge in [0.2, 0.25) is 0 Å². The van der Waals surface area contributed by atoms with Crippen LogP contribution in [-0.2, 0) is 26.1 Å². The Morgan fingerprint density at radius 1 is 1.05 bits per heavy atom. The number of aromatic nitrogens is 2. The third-order valence-corrected chi connectivity index (χ3v) is 6.61. The van der Waals surface area contributed by atoms with Crippen LogP contribution in [0.4, 0.5) is 14.9 Å². The van der Waals surface area contributed by atoms with Gasteiger partial charge in [-0.2, -0.15) is 5.10 Å². The molecule has 0 atom stereocenters. The van der Waals surface area contributed by atoms with Crippen LogP contribution >= 0.6 is 0 Å². The zero-order chi connectivity index (χ0) is 25.8. The van der Waals surface area contributed by atoms with E-state index in [2.05, 4.69) is 10.2 Å². The topological polar surface area (TPSA) is 62.6 Å². The fourth-order valence-corrected chi connectivity index (χ4v) is 4.69. The smallest absolute Gasteiger partial charge is 0.321 e. The standard InChI is InChI=1S/C29H30FN5O2/c1-33(29(36)31-23-8-4-3-5-9-23)20-25-24-19-34(18-21-12-14-22(30)15-13-21)17-16-26(24)35(32-25)27-10-6-7-11-28(27)37-2/h3-15H,16-20H2,1-2H3,(H,31,36). The van der Waals surface area contributed by atoms with E-state index >= 15 is 0 Å². The summed E-state index contributed by atoms with van der Waals surface area (Å²) in [5.41, 5.74) is 5.74. The lowest BCUT2D eigenvalue weighted by atomic mass is 10.0. The Morgan fingerprint density at radius 2 is 1.78 bits per heavy atom. The Kier molecular flexibility index (Phi) is 7.18. The van der Waals surface area contributed by atoms with E-state index in [4.69, 9.17) is 9.84 Å². The summed E-state index contributed by atoms with van der Waals surface area (Å²) in [5, 5.41) is 7.93. The van der Waals surface area contributed by atoms with Crippen LogP contribution in [-0.4, -0.2) is 46.3 Å². The molecule has 2 amide bonds. The SMILES string of the molecule is COc1ccccc1-n1nc(CN(C)C(=O)Nc2ccccc2)c2c1CCN(Cc1ccc(F)cc1)C2. The van der Waals surface area contributed by atoms with Gasteiger partial charge in [0.05, 0.1) is 25.0 Å². The summed E-state index contributed by atoms with van der Waals surface area (Å²) in [4.78, 5) is 16.9. The molecule has 37 heavy (non-hydrogen) atoms. The average molecular weight is 500 g/mol. The summed E-state index contributed by atoms with van der Waals surface area (Å²) in [7, 11) is 3.42. The first-order valence-electron chi connectivity index (χ1n) is 12.3. The number of halogens is 1. The minimum atomic E-state index is -0.234. The second-order valence-electron chi connectivity index (χ2n) is 9.19. The number of nitrogens with zero attached hydrogens (tertiary/aromatic N) is 4. The zero-order valence-corrected chi connectivity index (χ0v) is 21.0. The number of ether oxygens (including phenoxy) is 1. The van der Waals surface area contributed by atoms with Crippen molar-refractivity contribution in [2.24, 2.45) is 0 Å². The Balaban J connectivity index is 1.43. The molecule has 190 valence electrons. The summed E-state index contributed by atoms with van der Waals surface area (Å²) >= 11 is 0. The highest BCUT2D eigenvalue weighted by Gasteiger charge is 2.27. The van der Waals surface area contributed by atoms with E-state index < -0.39 is 0 Å². The molecule has 0 saturated heterocycles. The average Bonchev–Trinajstić information content (AvgIpc) is 3.27. The molecule has 0 radical (unpaired) electrons. The number of amides is 2. The van der Waals surface area contributed by atoms with E-state index in [1.54, 1.807) is 19.1 Å². The van der Waals surface area contributed by atoms with Crippen molar-refractivity contribution in [1.82, 2.24) is 19.6 Å². The number of urea groups is 1. The fourth-order valence-electron chi connectivity index (χ4n) is 4.69. The Hall–Kier alpha value is -4.17. The molecule has 2 heterocycles. The van der Waals surface area contributed by atoms with E-state index in [1.165, 1.54) is 12.1 Å². The van der Waals surface area contributed by atoms with Crippen LogP contribution in [0.15, 0.2) is 78.9 Å². The van der Waals surface area contributed by atoms with Gasteiger partial charge in [0.15, 0.2) is 0 Å². The van der Waals surface area contributed by atoms with Gasteiger partial charge in [-0.15, -0.1) is 0 Å². The first kappa shape index (κ1) is 24.5. The van der Waals surface area contributed by atoms with E-state index in [0.717, 1.165) is 52.6 Å². The molecule has 0 spiro atoms. The zero-order valence-electron chi connectivity index (χ0n) is 21.0. The monoisotopic (exact) mass is 499 g/mol. The third-order valence-electron chi connectivity index (χ3n) is 6.61. The van der Waals surface area contributed by atoms with E-state index in [-0.39, 0.29) is 11.8 Å². The summed E-state index contributed by atoms with van der Waals surface area (Å²) in [5.74, 6) is 0.505. The lowest BCUT2D eigenvalue weighted by molar-refractivity contribution is 0.218. The van der Waals surface area contributed by atoms with Crippen LogP contribution < -0.4 is 10.1 Å². The first-order valence-corrected chi connectivity index (χ1v) is 12.3. The fraction of sp³-hybridized carbons (Fsp3) is 0.241. The molecule has 0 aliphatic carbocycles. The van der Waals surface area contributed by atoms with Crippen molar-refractivity contribution in [3.05, 3.63) is 107 Å². The Labute approximate surface area is 216 Å². The van der Waals surface area contributed by atoms with Crippen LogP contribution in [0.25, 0.3) is 5.69 Å². The number of hydrogen-bond donors (Lipinski definition) is 1. The van der Waals surface area contributed by atoms with Crippen molar-refractivity contribution in [2.45, 2.75) is 26.1 Å². The molecule has 0 unspecified atom stereocenters. The first-order chi connectivity index (χ1) is 18.0. The second-order valence-corrected chi connectivity index (χ2v) is 9.19. The lowest BCUT2D eigenvalue weighted by Crippen LogP contribution is -2.33. The van der Waals surface area contributed by atoms with Crippen molar-refractivity contribution in [2.75, 3.05) is 26.0 Å². The van der Waals surface area contributed by atoms with Gasteiger partial charge in [-0.1, -0.05) is 42.5 Å². The summed E-state index contributed by atoms with van der Waals surface area (Å²) in [6, 6.07) is 23.7. The molecule has 0 bridgehead atoms. The Bertz CT molecular complexity index is 1370. The largest absolute Gasteiger partial charge is 0.494 e. The van der Waals surface area contributed by atoms with Crippen LogP contribution in [0.2, 0.25) is 0 Å². The number of nitrogens with one attached hydrogen (secondary N) is 1. The number of para-hydroxylation sites is 3. The molecule has 0 saturated carbocycles. The molecular formula is C29H30FN5O2. The molecule has 1 aromatic heterocycles. The van der Waals surface area contributed by atoms with Crippen LogP contribution in [0.3, 0.4) is 0 Å². The molecule has 7 nitrogen and oxygen atoms in total. The highest BCUT2D eigenvalue weighted by molar-refractivity contribution is 5.89. The van der Waals surface area contributed by atoms with Crippen molar-refractivity contribution < 1.29 is 13.9 Å². The van der Waals surface area contributed by atoms with Gasteiger partial charge in [-0.3, -0.25) is 4.90 Å². The molecule has 1 aliphatic heterocycles. The molecule has 1 aliphatic rings. The van der Waals surface area contributed by atoms with Gasteiger partial charge in [0, 0.05) is 44.4 Å². The maximum atomic E-state index is 13.4. The highest BCUT2D eigenvalue weighted by atomic mass is 19.1. The van der Waals surface area contributed by atoms with Crippen molar-refractivity contribution in [1.29, 1.82) is 0 Å². The van der Waals surface area contributed by atoms with Gasteiger partial charge < -0.3 is 15.0 Å². The number of fused-ring (bicyclic) bond motifs is 1. The van der Waals surface area contributed by atoms with Gasteiger partial charge in [0.25, 0.3) is 0 Å². The van der Waals surface area contributed by atoms with E-state index in [0.29, 0.717) is 19.6 Å². The number of benzene rings is 3. The van der Waals surface area contributed by atoms with Crippen molar-refractivity contribution in [3.63, 3.8) is 0 Å². The van der Waals surface area contributed by atoms with Gasteiger partial charge in [0.1, 0.15) is 17.3 Å². The predicted octanol–water partition coefficient (Wildman–Crippen LogP) is 5.24. The van der Waals surface area contributed by atoms with E-state index in [9.17, 15) is 9.18 Å². The lowest BCUT2D eigenvalue weighted by Gasteiger charge is -2.28. The summed E-state index contributed by atoms with van der Waals surface area (Å²) in [6.45, 7) is 2.59. The predicted molar refractivity (Wildman–Crippen MR) is 141 cm³/mol. The quantitative estimate of drug-likeness (QED) is 0.378. The molecule has 8 heteroatoms. The highest BCUT2D eigenvalue weighted by Crippen LogP contribution is 2.30. The van der Waals surface area contributed by atoms with Crippen molar-refractivity contribution in [3.8, 4) is 11.4 Å². The molecular weight excluding hydrogens is 469 g/mol. The maximum Gasteiger partial charge on any atom is 0.321 e. The number of anilines is 1. The Morgan fingerprint density at radius 3 is 2.54 bits per heavy atom. The molecule has 3 aromatic carbocycles. The normalized spacial score (nSPS) is 13.2. The number of methoxy groups -OCH3 is 1. The number of carbonyl (C=O) groups is 1. The molecule has 0 fully saturated rings. The van der Waals surface area contributed by atoms with Gasteiger partial charge in [-0.25, -0.2) is 13.9 Å². The number of rotatable bonds is 7. The van der Waals surface area contributed by atoms with Crippen molar-refractivity contribution >= 4 is 11.7 Å². The van der Waals surface area contributed by atoms with Gasteiger partial charge >= 0.3 is 6.03 Å². The van der Waals surface area contributed by atoms with Crippen LogP contribution in [0.5, 0.6) is 5.75 Å². The van der Waals surface area contributed by atoms with Crippen LogP contribution in [0.1, 0.15) is 22.5 Å². The number of hydrogen-bond acceptors (Lipinski definition) is 4.